The van der Waals surface area contributed by atoms with Crippen LogP contribution in [-0.2, 0) is 4.79 Å². The third-order valence-corrected chi connectivity index (χ3v) is 4.58. The first kappa shape index (κ1) is 23.6. The zero-order valence-corrected chi connectivity index (χ0v) is 18.2. The zero-order chi connectivity index (χ0) is 22.8. The number of benzene rings is 2. The van der Waals surface area contributed by atoms with Crippen LogP contribution in [0.1, 0.15) is 24.0 Å². The second-order valence-corrected chi connectivity index (χ2v) is 6.46. The Kier molecular flexibility index (Phi) is 8.73. The molecule has 1 amide bonds. The minimum absolute atomic E-state index is 0.167. The van der Waals surface area contributed by atoms with Crippen LogP contribution < -0.4 is 30.0 Å². The number of amides is 1. The number of nitriles is 1. The number of nitrogens with zero attached hydrogens (tertiary/aromatic N) is 1. The average Bonchev–Trinajstić information content (AvgIpc) is 2.80. The van der Waals surface area contributed by atoms with Crippen LogP contribution in [0.5, 0.6) is 23.0 Å². The van der Waals surface area contributed by atoms with Gasteiger partial charge in [-0.25, -0.2) is 0 Å². The number of allylic oxidation sites excluding steroid dienone is 1. The van der Waals surface area contributed by atoms with Crippen LogP contribution in [0.3, 0.4) is 0 Å². The number of hydrogen-bond acceptors (Lipinski definition) is 7. The maximum atomic E-state index is 12.2. The third kappa shape index (κ3) is 5.68. The number of methoxy groups -OCH3 is 4. The van der Waals surface area contributed by atoms with E-state index < -0.39 is 0 Å². The zero-order valence-electron chi connectivity index (χ0n) is 18.2. The lowest BCUT2D eigenvalue weighted by atomic mass is 9.96. The van der Waals surface area contributed by atoms with Crippen molar-refractivity contribution in [2.75, 3.05) is 40.3 Å². The Morgan fingerprint density at radius 2 is 1.65 bits per heavy atom. The van der Waals surface area contributed by atoms with E-state index in [0.717, 1.165) is 0 Å². The number of anilines is 1. The van der Waals surface area contributed by atoms with Crippen LogP contribution in [-0.4, -0.2) is 40.9 Å². The summed E-state index contributed by atoms with van der Waals surface area (Å²) >= 11 is 0. The summed E-state index contributed by atoms with van der Waals surface area (Å²) in [6.07, 6.45) is 2.30. The molecule has 2 aromatic carbocycles. The Morgan fingerprint density at radius 3 is 2.16 bits per heavy atom. The summed E-state index contributed by atoms with van der Waals surface area (Å²) < 4.78 is 21.6. The van der Waals surface area contributed by atoms with E-state index in [2.05, 4.69) is 11.4 Å². The molecule has 0 saturated heterocycles. The third-order valence-electron chi connectivity index (χ3n) is 4.58. The van der Waals surface area contributed by atoms with Crippen molar-refractivity contribution in [2.45, 2.75) is 12.8 Å². The van der Waals surface area contributed by atoms with Crippen molar-refractivity contribution in [3.63, 3.8) is 0 Å². The van der Waals surface area contributed by atoms with E-state index in [4.69, 9.17) is 24.7 Å². The summed E-state index contributed by atoms with van der Waals surface area (Å²) in [7, 11) is 6.10. The van der Waals surface area contributed by atoms with Crippen LogP contribution in [0.15, 0.2) is 36.4 Å². The molecule has 0 aliphatic rings. The van der Waals surface area contributed by atoms with Gasteiger partial charge >= 0.3 is 0 Å². The minimum Gasteiger partial charge on any atom is -0.495 e. The maximum absolute atomic E-state index is 12.2. The molecule has 0 atom stereocenters. The summed E-state index contributed by atoms with van der Waals surface area (Å²) in [6, 6.07) is 10.9. The number of carbonyl (C=O) groups is 1. The highest BCUT2D eigenvalue weighted by molar-refractivity contribution is 5.94. The van der Waals surface area contributed by atoms with Crippen LogP contribution in [0.2, 0.25) is 0 Å². The van der Waals surface area contributed by atoms with Gasteiger partial charge in [-0.1, -0.05) is 6.07 Å². The van der Waals surface area contributed by atoms with Gasteiger partial charge < -0.3 is 30.0 Å². The first-order chi connectivity index (χ1) is 15.0. The van der Waals surface area contributed by atoms with E-state index in [-0.39, 0.29) is 5.91 Å². The molecule has 3 N–H and O–H groups in total. The summed E-state index contributed by atoms with van der Waals surface area (Å²) in [4.78, 5) is 12.2. The second-order valence-electron chi connectivity index (χ2n) is 6.46. The molecule has 0 radical (unpaired) electrons. The van der Waals surface area contributed by atoms with Crippen LogP contribution in [0, 0.1) is 11.3 Å². The number of rotatable bonds is 10. The molecule has 2 rings (SSSR count). The predicted molar refractivity (Wildman–Crippen MR) is 119 cm³/mol. The Bertz CT molecular complexity index is 970. The molecule has 0 unspecified atom stereocenters. The fourth-order valence-corrected chi connectivity index (χ4v) is 3.08. The first-order valence-corrected chi connectivity index (χ1v) is 9.61. The molecule has 0 fully saturated rings. The lowest BCUT2D eigenvalue weighted by molar-refractivity contribution is -0.116. The molecule has 0 bridgehead atoms. The number of nitrogens with two attached hydrogens (primary N) is 1. The van der Waals surface area contributed by atoms with Gasteiger partial charge in [-0.15, -0.1) is 0 Å². The molecule has 8 heteroatoms. The highest BCUT2D eigenvalue weighted by atomic mass is 16.5. The monoisotopic (exact) mass is 425 g/mol. The minimum atomic E-state index is -0.167. The van der Waals surface area contributed by atoms with Gasteiger partial charge in [0.25, 0.3) is 0 Å². The summed E-state index contributed by atoms with van der Waals surface area (Å²) in [5, 5.41) is 12.3. The molecule has 2 aromatic rings. The van der Waals surface area contributed by atoms with Crippen LogP contribution >= 0.6 is 0 Å². The fourth-order valence-electron chi connectivity index (χ4n) is 3.08. The topological polar surface area (TPSA) is 116 Å². The smallest absolute Gasteiger partial charge is 0.224 e. The van der Waals surface area contributed by atoms with Gasteiger partial charge in [-0.2, -0.15) is 5.26 Å². The van der Waals surface area contributed by atoms with Gasteiger partial charge in [0, 0.05) is 12.5 Å². The maximum Gasteiger partial charge on any atom is 0.224 e. The molecule has 0 heterocycles. The molecule has 0 aliphatic heterocycles. The Morgan fingerprint density at radius 1 is 1.00 bits per heavy atom. The van der Waals surface area contributed by atoms with Crippen molar-refractivity contribution in [1.82, 2.24) is 0 Å². The van der Waals surface area contributed by atoms with Gasteiger partial charge in [0.05, 0.1) is 40.2 Å². The lowest BCUT2D eigenvalue weighted by Crippen LogP contribution is -2.14. The number of nitrogens with one attached hydrogen (secondary N) is 1. The summed E-state index contributed by atoms with van der Waals surface area (Å²) in [6.45, 7) is 0.431. The van der Waals surface area contributed by atoms with Gasteiger partial charge in [-0.05, 0) is 53.9 Å². The van der Waals surface area contributed by atoms with Crippen LogP contribution in [0.4, 0.5) is 5.69 Å². The van der Waals surface area contributed by atoms with E-state index in [1.807, 2.05) is 0 Å². The Hall–Kier alpha value is -3.70. The summed E-state index contributed by atoms with van der Waals surface area (Å²) in [5.74, 6) is 1.72. The van der Waals surface area contributed by atoms with Crippen molar-refractivity contribution < 1.29 is 23.7 Å². The predicted octanol–water partition coefficient (Wildman–Crippen LogP) is 3.35. The van der Waals surface area contributed by atoms with E-state index in [9.17, 15) is 10.1 Å². The lowest BCUT2D eigenvalue weighted by Gasteiger charge is -2.17. The van der Waals surface area contributed by atoms with Crippen molar-refractivity contribution in [3.8, 4) is 29.1 Å². The average molecular weight is 425 g/mol. The standard InChI is InChI=1S/C23H27N3O5/c1-28-19-8-7-15(12-18(19)26-22(27)6-5-10-24)17(9-11-25)16-13-20(29-2)23(31-4)21(14-16)30-3/h7-9,12-14H,5-6,10,24H2,1-4H3,(H,26,27)/b17-9-. The van der Waals surface area contributed by atoms with Crippen molar-refractivity contribution in [1.29, 1.82) is 5.26 Å². The van der Waals surface area contributed by atoms with Gasteiger partial charge in [0.15, 0.2) is 11.5 Å². The van der Waals surface area contributed by atoms with Gasteiger partial charge in [-0.3, -0.25) is 4.79 Å². The number of carbonyl (C=O) groups excluding carboxylic acids is 1. The molecule has 8 nitrogen and oxygen atoms in total. The molecule has 0 spiro atoms. The highest BCUT2D eigenvalue weighted by Crippen LogP contribution is 2.41. The molecular weight excluding hydrogens is 398 g/mol. The molecule has 0 aliphatic carbocycles. The van der Waals surface area contributed by atoms with Crippen molar-refractivity contribution in [2.24, 2.45) is 5.73 Å². The Labute approximate surface area is 182 Å². The quantitative estimate of drug-likeness (QED) is 0.561. The van der Waals surface area contributed by atoms with Crippen molar-refractivity contribution >= 4 is 17.2 Å². The van der Waals surface area contributed by atoms with E-state index in [1.165, 1.54) is 34.5 Å². The molecule has 0 aromatic heterocycles. The first-order valence-electron chi connectivity index (χ1n) is 9.61. The van der Waals surface area contributed by atoms with E-state index in [1.54, 1.807) is 30.3 Å². The van der Waals surface area contributed by atoms with Crippen LogP contribution in [0.25, 0.3) is 5.57 Å². The second kappa shape index (κ2) is 11.5. The number of ether oxygens (including phenoxy) is 4. The van der Waals surface area contributed by atoms with E-state index in [0.29, 0.717) is 64.8 Å². The highest BCUT2D eigenvalue weighted by Gasteiger charge is 2.17. The molecule has 164 valence electrons. The number of hydrogen-bond donors (Lipinski definition) is 2. The van der Waals surface area contributed by atoms with Crippen molar-refractivity contribution in [3.05, 3.63) is 47.5 Å². The normalized spacial score (nSPS) is 10.8. The van der Waals surface area contributed by atoms with Gasteiger partial charge in [0.2, 0.25) is 11.7 Å². The summed E-state index contributed by atoms with van der Waals surface area (Å²) in [5.41, 5.74) is 7.98. The fraction of sp³-hybridized carbons (Fsp3) is 0.304. The SMILES string of the molecule is COc1ccc(/C(=C/C#N)c2cc(OC)c(OC)c(OC)c2)cc1NC(=O)CCCN. The van der Waals surface area contributed by atoms with E-state index >= 15 is 0 Å². The largest absolute Gasteiger partial charge is 0.495 e. The molecular formula is C23H27N3O5. The molecule has 31 heavy (non-hydrogen) atoms. The Balaban J connectivity index is 2.56. The van der Waals surface area contributed by atoms with Gasteiger partial charge in [0.1, 0.15) is 5.75 Å². The molecule has 0 saturated carbocycles.